The molecular weight excluding hydrogens is 280 g/mol. The van der Waals surface area contributed by atoms with Crippen molar-refractivity contribution in [1.82, 2.24) is 4.72 Å². The number of nitro groups is 1. The number of benzene rings is 1. The van der Waals surface area contributed by atoms with E-state index in [4.69, 9.17) is 4.74 Å². The molecule has 2 rings (SSSR count). The zero-order chi connectivity index (χ0) is 14.9. The highest BCUT2D eigenvalue weighted by Gasteiger charge is 2.24. The second kappa shape index (κ2) is 5.24. The van der Waals surface area contributed by atoms with Gasteiger partial charge in [0, 0.05) is 17.7 Å². The van der Waals surface area contributed by atoms with Gasteiger partial charge in [-0.25, -0.2) is 4.21 Å². The summed E-state index contributed by atoms with van der Waals surface area (Å²) in [5, 5.41) is 10.8. The fraction of sp³-hybridized carbons (Fsp3) is 0.385. The Balaban J connectivity index is 2.34. The number of rotatable bonds is 3. The van der Waals surface area contributed by atoms with Crippen molar-refractivity contribution >= 4 is 22.4 Å². The number of hydrogen-bond acceptors (Lipinski definition) is 4. The Labute approximate surface area is 119 Å². The normalized spacial score (nSPS) is 15.7. The number of fused-ring (bicyclic) bond motifs is 1. The molecule has 1 atom stereocenters. The van der Waals surface area contributed by atoms with Crippen molar-refractivity contribution in [2.24, 2.45) is 0 Å². The topological polar surface area (TPSA) is 81.5 Å². The summed E-state index contributed by atoms with van der Waals surface area (Å²) in [5.41, 5.74) is 1.13. The predicted molar refractivity (Wildman–Crippen MR) is 77.6 cm³/mol. The number of ether oxygens (including phenoxy) is 1. The van der Waals surface area contributed by atoms with Gasteiger partial charge in [0.1, 0.15) is 23.3 Å². The average Bonchev–Trinajstić information content (AvgIpc) is 2.37. The molecule has 1 aliphatic heterocycles. The standard InChI is InChI=1S/C13H16N2O4S/c1-13(2,3)20(18)14-11-6-7-19-12-5-4-9(15(16)17)8-10(11)12/h4-6,8,14H,7H2,1-3H3. The van der Waals surface area contributed by atoms with Gasteiger partial charge >= 0.3 is 0 Å². The van der Waals surface area contributed by atoms with E-state index in [0.29, 0.717) is 23.6 Å². The van der Waals surface area contributed by atoms with Gasteiger partial charge in [0.15, 0.2) is 0 Å². The second-order valence-electron chi connectivity index (χ2n) is 5.35. The van der Waals surface area contributed by atoms with Crippen LogP contribution in [0.5, 0.6) is 5.75 Å². The zero-order valence-electron chi connectivity index (χ0n) is 11.5. The molecule has 0 aliphatic carbocycles. The van der Waals surface area contributed by atoms with Gasteiger partial charge < -0.3 is 9.46 Å². The van der Waals surface area contributed by atoms with Gasteiger partial charge in [-0.3, -0.25) is 10.1 Å². The number of non-ortho nitro benzene ring substituents is 1. The lowest BCUT2D eigenvalue weighted by atomic mass is 10.1. The van der Waals surface area contributed by atoms with Gasteiger partial charge in [0.05, 0.1) is 15.4 Å². The van der Waals surface area contributed by atoms with Gasteiger partial charge in [-0.2, -0.15) is 0 Å². The SMILES string of the molecule is CC(C)(C)S(=O)NC1=CCOc2ccc([N+](=O)[O-])cc21. The van der Waals surface area contributed by atoms with Crippen LogP contribution < -0.4 is 9.46 Å². The zero-order valence-corrected chi connectivity index (χ0v) is 12.3. The summed E-state index contributed by atoms with van der Waals surface area (Å²) in [6.07, 6.45) is 1.73. The minimum atomic E-state index is -1.30. The Bertz CT molecular complexity index is 605. The number of nitrogens with one attached hydrogen (secondary N) is 1. The molecule has 7 heteroatoms. The Kier molecular flexibility index (Phi) is 3.80. The Morgan fingerprint density at radius 1 is 1.40 bits per heavy atom. The van der Waals surface area contributed by atoms with E-state index >= 15 is 0 Å². The van der Waals surface area contributed by atoms with Crippen LogP contribution in [0, 0.1) is 10.1 Å². The van der Waals surface area contributed by atoms with E-state index in [0.717, 1.165) is 0 Å². The van der Waals surface area contributed by atoms with Crippen LogP contribution in [-0.2, 0) is 11.0 Å². The first-order valence-electron chi connectivity index (χ1n) is 6.09. The van der Waals surface area contributed by atoms with Crippen LogP contribution in [0.1, 0.15) is 26.3 Å². The number of nitro benzene ring substituents is 1. The first kappa shape index (κ1) is 14.5. The molecule has 6 nitrogen and oxygen atoms in total. The van der Waals surface area contributed by atoms with Gasteiger partial charge in [0.2, 0.25) is 0 Å². The molecule has 0 amide bonds. The van der Waals surface area contributed by atoms with E-state index < -0.39 is 20.7 Å². The third kappa shape index (κ3) is 2.98. The van der Waals surface area contributed by atoms with Crippen LogP contribution in [0.15, 0.2) is 24.3 Å². The fourth-order valence-electron chi connectivity index (χ4n) is 1.64. The quantitative estimate of drug-likeness (QED) is 0.686. The van der Waals surface area contributed by atoms with Gasteiger partial charge in [-0.15, -0.1) is 0 Å². The Morgan fingerprint density at radius 2 is 2.10 bits per heavy atom. The molecule has 0 saturated carbocycles. The summed E-state index contributed by atoms with van der Waals surface area (Å²) in [5.74, 6) is 0.548. The monoisotopic (exact) mass is 296 g/mol. The maximum Gasteiger partial charge on any atom is 0.270 e. The molecule has 0 radical (unpaired) electrons. The van der Waals surface area contributed by atoms with Crippen LogP contribution in [0.3, 0.4) is 0 Å². The van der Waals surface area contributed by atoms with Gasteiger partial charge in [0.25, 0.3) is 5.69 Å². The second-order valence-corrected chi connectivity index (χ2v) is 7.32. The molecule has 1 aromatic carbocycles. The average molecular weight is 296 g/mol. The van der Waals surface area contributed by atoms with E-state index in [2.05, 4.69) is 4.72 Å². The van der Waals surface area contributed by atoms with Crippen LogP contribution in [0.2, 0.25) is 0 Å². The summed E-state index contributed by atoms with van der Waals surface area (Å²) < 4.78 is 20.0. The molecule has 1 N–H and O–H groups in total. The largest absolute Gasteiger partial charge is 0.489 e. The predicted octanol–water partition coefficient (Wildman–Crippen LogP) is 2.38. The molecule has 20 heavy (non-hydrogen) atoms. The molecule has 0 fully saturated rings. The molecule has 1 unspecified atom stereocenters. The molecule has 1 heterocycles. The molecule has 0 spiro atoms. The van der Waals surface area contributed by atoms with E-state index in [9.17, 15) is 14.3 Å². The summed E-state index contributed by atoms with van der Waals surface area (Å²) in [7, 11) is -1.30. The first-order valence-corrected chi connectivity index (χ1v) is 7.24. The molecular formula is C13H16N2O4S. The lowest BCUT2D eigenvalue weighted by Gasteiger charge is -2.23. The van der Waals surface area contributed by atoms with Crippen LogP contribution in [0.4, 0.5) is 5.69 Å². The first-order chi connectivity index (χ1) is 9.29. The summed E-state index contributed by atoms with van der Waals surface area (Å²) in [6.45, 7) is 5.90. The highest BCUT2D eigenvalue weighted by Crippen LogP contribution is 2.32. The van der Waals surface area contributed by atoms with E-state index in [1.54, 1.807) is 12.1 Å². The summed E-state index contributed by atoms with van der Waals surface area (Å²) in [6, 6.07) is 4.37. The van der Waals surface area contributed by atoms with Crippen molar-refractivity contribution in [3.05, 3.63) is 40.0 Å². The van der Waals surface area contributed by atoms with E-state index in [-0.39, 0.29) is 5.69 Å². The highest BCUT2D eigenvalue weighted by atomic mass is 32.2. The molecule has 1 aromatic rings. The Hall–Kier alpha value is -1.89. The fourth-order valence-corrected chi connectivity index (χ4v) is 2.34. The lowest BCUT2D eigenvalue weighted by molar-refractivity contribution is -0.384. The Morgan fingerprint density at radius 3 is 2.70 bits per heavy atom. The lowest BCUT2D eigenvalue weighted by Crippen LogP contribution is -2.33. The van der Waals surface area contributed by atoms with Crippen molar-refractivity contribution < 1.29 is 13.9 Å². The van der Waals surface area contributed by atoms with Crippen LogP contribution in [0.25, 0.3) is 5.70 Å². The van der Waals surface area contributed by atoms with E-state index in [1.807, 2.05) is 20.8 Å². The van der Waals surface area contributed by atoms with Gasteiger partial charge in [-0.1, -0.05) is 0 Å². The minimum absolute atomic E-state index is 0.0245. The van der Waals surface area contributed by atoms with Gasteiger partial charge in [-0.05, 0) is 32.9 Å². The summed E-state index contributed by atoms with van der Waals surface area (Å²) >= 11 is 0. The third-order valence-corrected chi connectivity index (χ3v) is 4.27. The highest BCUT2D eigenvalue weighted by molar-refractivity contribution is 7.84. The number of nitrogens with zero attached hydrogens (tertiary/aromatic N) is 1. The van der Waals surface area contributed by atoms with E-state index in [1.165, 1.54) is 12.1 Å². The van der Waals surface area contributed by atoms with Crippen molar-refractivity contribution in [2.75, 3.05) is 6.61 Å². The molecule has 108 valence electrons. The van der Waals surface area contributed by atoms with Crippen molar-refractivity contribution in [2.45, 2.75) is 25.5 Å². The maximum atomic E-state index is 12.1. The molecule has 1 aliphatic rings. The van der Waals surface area contributed by atoms with Crippen molar-refractivity contribution in [1.29, 1.82) is 0 Å². The molecule has 0 aromatic heterocycles. The maximum absolute atomic E-state index is 12.1. The third-order valence-electron chi connectivity index (χ3n) is 2.75. The van der Waals surface area contributed by atoms with Crippen molar-refractivity contribution in [3.63, 3.8) is 0 Å². The molecule has 0 bridgehead atoms. The summed E-state index contributed by atoms with van der Waals surface area (Å²) in [4.78, 5) is 10.4. The molecule has 0 saturated heterocycles. The smallest absolute Gasteiger partial charge is 0.270 e. The minimum Gasteiger partial charge on any atom is -0.489 e. The van der Waals surface area contributed by atoms with Crippen molar-refractivity contribution in [3.8, 4) is 5.75 Å². The van der Waals surface area contributed by atoms with Crippen LogP contribution >= 0.6 is 0 Å². The van der Waals surface area contributed by atoms with Crippen LogP contribution in [-0.4, -0.2) is 20.5 Å². The number of hydrogen-bond donors (Lipinski definition) is 1.